The number of carbonyl (C=O) groups excluding carboxylic acids is 2. The molecule has 0 saturated carbocycles. The van der Waals surface area contributed by atoms with E-state index in [1.807, 2.05) is 20.8 Å². The largest absolute Gasteiger partial charge is 0.497 e. The quantitative estimate of drug-likeness (QED) is 0.281. The van der Waals surface area contributed by atoms with Gasteiger partial charge in [0.05, 0.1) is 17.7 Å². The summed E-state index contributed by atoms with van der Waals surface area (Å²) >= 11 is 12.5. The molecule has 11 heteroatoms. The van der Waals surface area contributed by atoms with Crippen LogP contribution in [0.3, 0.4) is 0 Å². The molecule has 3 aromatic carbocycles. The average Bonchev–Trinajstić information content (AvgIpc) is 2.94. The second kappa shape index (κ2) is 14.1. The molecule has 8 nitrogen and oxygen atoms in total. The van der Waals surface area contributed by atoms with E-state index in [9.17, 15) is 18.0 Å². The summed E-state index contributed by atoms with van der Waals surface area (Å²) in [6.45, 7) is 7.25. The average molecular weight is 621 g/mol. The van der Waals surface area contributed by atoms with Crippen LogP contribution in [0, 0.1) is 12.8 Å². The number of hydrogen-bond donors (Lipinski definition) is 1. The normalized spacial score (nSPS) is 12.1. The van der Waals surface area contributed by atoms with Crippen LogP contribution in [0.15, 0.2) is 71.6 Å². The molecule has 0 fully saturated rings. The SMILES string of the molecule is COc1ccc(S(=O)(=O)N(CC(=O)N(Cc2ccc(Cl)cc2Cl)C(C)C(=O)NCC(C)C)c2ccc(C)cc2)cc1. The van der Waals surface area contributed by atoms with E-state index in [1.54, 1.807) is 49.4 Å². The number of benzene rings is 3. The summed E-state index contributed by atoms with van der Waals surface area (Å²) in [7, 11) is -2.70. The van der Waals surface area contributed by atoms with Gasteiger partial charge in [-0.1, -0.05) is 60.8 Å². The van der Waals surface area contributed by atoms with Crippen LogP contribution in [0.25, 0.3) is 0 Å². The van der Waals surface area contributed by atoms with Crippen molar-refractivity contribution in [1.82, 2.24) is 10.2 Å². The molecule has 1 N–H and O–H groups in total. The third-order valence-corrected chi connectivity index (χ3v) is 8.83. The molecule has 1 atom stereocenters. The van der Waals surface area contributed by atoms with Gasteiger partial charge in [0.25, 0.3) is 10.0 Å². The lowest BCUT2D eigenvalue weighted by Gasteiger charge is -2.32. The maximum atomic E-state index is 14.0. The Morgan fingerprint density at radius 2 is 1.59 bits per heavy atom. The number of aryl methyl sites for hydroxylation is 1. The minimum Gasteiger partial charge on any atom is -0.497 e. The molecule has 0 spiro atoms. The van der Waals surface area contributed by atoms with Gasteiger partial charge in [0, 0.05) is 23.1 Å². The fraction of sp³-hybridized carbons (Fsp3) is 0.333. The molecule has 0 aliphatic heterocycles. The van der Waals surface area contributed by atoms with E-state index >= 15 is 0 Å². The number of sulfonamides is 1. The van der Waals surface area contributed by atoms with E-state index in [0.717, 1.165) is 9.87 Å². The number of nitrogens with zero attached hydrogens (tertiary/aromatic N) is 2. The summed E-state index contributed by atoms with van der Waals surface area (Å²) < 4.78 is 34.0. The standard InChI is InChI=1S/C30H35Cl2N3O5S/c1-20(2)17-33-30(37)22(4)34(18-23-8-9-24(31)16-28(23)32)29(36)19-35(25-10-6-21(3)7-11-25)41(38,39)27-14-12-26(40-5)13-15-27/h6-16,20,22H,17-19H2,1-5H3,(H,33,37). The van der Waals surface area contributed by atoms with Gasteiger partial charge in [-0.3, -0.25) is 13.9 Å². The maximum Gasteiger partial charge on any atom is 0.264 e. The summed E-state index contributed by atoms with van der Waals surface area (Å²) in [5, 5.41) is 3.61. The number of hydrogen-bond acceptors (Lipinski definition) is 5. The highest BCUT2D eigenvalue weighted by molar-refractivity contribution is 7.92. The minimum atomic E-state index is -4.19. The van der Waals surface area contributed by atoms with Crippen molar-refractivity contribution in [2.45, 2.75) is 45.2 Å². The summed E-state index contributed by atoms with van der Waals surface area (Å²) in [6, 6.07) is 16.7. The molecule has 0 saturated heterocycles. The van der Waals surface area contributed by atoms with Crippen molar-refractivity contribution >= 4 is 50.7 Å². The fourth-order valence-electron chi connectivity index (χ4n) is 3.98. The third-order valence-electron chi connectivity index (χ3n) is 6.46. The first-order valence-corrected chi connectivity index (χ1v) is 15.3. The van der Waals surface area contributed by atoms with Crippen LogP contribution in [0.4, 0.5) is 5.69 Å². The molecule has 3 aromatic rings. The molecular weight excluding hydrogens is 585 g/mol. The van der Waals surface area contributed by atoms with Gasteiger partial charge in [-0.15, -0.1) is 0 Å². The zero-order valence-electron chi connectivity index (χ0n) is 23.7. The minimum absolute atomic E-state index is 0.0123. The van der Waals surface area contributed by atoms with E-state index < -0.39 is 28.5 Å². The third kappa shape index (κ3) is 8.38. The Bertz CT molecular complexity index is 1460. The number of halogens is 2. The van der Waals surface area contributed by atoms with Crippen LogP contribution in [0.5, 0.6) is 5.75 Å². The Hall–Kier alpha value is -3.27. The monoisotopic (exact) mass is 619 g/mol. The number of amides is 2. The first-order chi connectivity index (χ1) is 19.3. The Morgan fingerprint density at radius 1 is 0.951 bits per heavy atom. The van der Waals surface area contributed by atoms with Gasteiger partial charge in [-0.25, -0.2) is 8.42 Å². The van der Waals surface area contributed by atoms with E-state index in [-0.39, 0.29) is 23.3 Å². The van der Waals surface area contributed by atoms with Crippen molar-refractivity contribution in [3.63, 3.8) is 0 Å². The first kappa shape index (κ1) is 32.2. The molecule has 220 valence electrons. The van der Waals surface area contributed by atoms with E-state index in [2.05, 4.69) is 5.32 Å². The Balaban J connectivity index is 2.03. The van der Waals surface area contributed by atoms with Crippen molar-refractivity contribution in [1.29, 1.82) is 0 Å². The Labute approximate surface area is 252 Å². The second-order valence-electron chi connectivity index (χ2n) is 10.1. The summed E-state index contributed by atoms with van der Waals surface area (Å²) in [4.78, 5) is 28.4. The van der Waals surface area contributed by atoms with E-state index in [1.165, 1.54) is 36.3 Å². The first-order valence-electron chi connectivity index (χ1n) is 13.1. The lowest BCUT2D eigenvalue weighted by atomic mass is 10.1. The molecule has 0 aromatic heterocycles. The fourth-order valence-corrected chi connectivity index (χ4v) is 5.87. The highest BCUT2D eigenvalue weighted by atomic mass is 35.5. The number of rotatable bonds is 12. The molecule has 0 heterocycles. The summed E-state index contributed by atoms with van der Waals surface area (Å²) in [5.41, 5.74) is 1.80. The molecule has 0 radical (unpaired) electrons. The smallest absolute Gasteiger partial charge is 0.264 e. The number of nitrogens with one attached hydrogen (secondary N) is 1. The topological polar surface area (TPSA) is 96.0 Å². The molecular formula is C30H35Cl2N3O5S. The van der Waals surface area contributed by atoms with Crippen LogP contribution < -0.4 is 14.4 Å². The molecule has 3 rings (SSSR count). The van der Waals surface area contributed by atoms with Gasteiger partial charge in [0.15, 0.2) is 0 Å². The molecule has 0 bridgehead atoms. The van der Waals surface area contributed by atoms with Gasteiger partial charge in [-0.05, 0) is 73.9 Å². The molecule has 0 aliphatic rings. The van der Waals surface area contributed by atoms with Crippen molar-refractivity contribution in [2.24, 2.45) is 5.92 Å². The van der Waals surface area contributed by atoms with Crippen LogP contribution in [0.1, 0.15) is 31.9 Å². The maximum absolute atomic E-state index is 14.0. The Morgan fingerprint density at radius 3 is 2.15 bits per heavy atom. The molecule has 2 amide bonds. The lowest BCUT2D eigenvalue weighted by Crippen LogP contribution is -2.51. The van der Waals surface area contributed by atoms with Gasteiger partial charge in [0.1, 0.15) is 18.3 Å². The number of carbonyl (C=O) groups is 2. The van der Waals surface area contributed by atoms with Crippen molar-refractivity contribution in [3.05, 3.63) is 87.9 Å². The zero-order chi connectivity index (χ0) is 30.3. The van der Waals surface area contributed by atoms with Crippen LogP contribution >= 0.6 is 23.2 Å². The highest BCUT2D eigenvalue weighted by Gasteiger charge is 2.33. The summed E-state index contributed by atoms with van der Waals surface area (Å²) in [6.07, 6.45) is 0. The second-order valence-corrected chi connectivity index (χ2v) is 12.8. The van der Waals surface area contributed by atoms with Crippen LogP contribution in [-0.2, 0) is 26.2 Å². The van der Waals surface area contributed by atoms with Gasteiger partial charge >= 0.3 is 0 Å². The number of ether oxygens (including phenoxy) is 1. The van der Waals surface area contributed by atoms with E-state index in [4.69, 9.17) is 27.9 Å². The molecule has 0 aliphatic carbocycles. The van der Waals surface area contributed by atoms with Crippen molar-refractivity contribution < 1.29 is 22.7 Å². The van der Waals surface area contributed by atoms with Crippen LogP contribution in [0.2, 0.25) is 10.0 Å². The number of anilines is 1. The van der Waals surface area contributed by atoms with E-state index in [0.29, 0.717) is 33.6 Å². The predicted octanol–water partition coefficient (Wildman–Crippen LogP) is 5.70. The van der Waals surface area contributed by atoms with Crippen molar-refractivity contribution in [3.8, 4) is 5.75 Å². The zero-order valence-corrected chi connectivity index (χ0v) is 26.1. The van der Waals surface area contributed by atoms with Gasteiger partial charge in [0.2, 0.25) is 11.8 Å². The Kier molecular flexibility index (Phi) is 11.1. The van der Waals surface area contributed by atoms with Crippen molar-refractivity contribution in [2.75, 3.05) is 24.5 Å². The van der Waals surface area contributed by atoms with Gasteiger partial charge in [-0.2, -0.15) is 0 Å². The highest BCUT2D eigenvalue weighted by Crippen LogP contribution is 2.27. The predicted molar refractivity (Wildman–Crippen MR) is 163 cm³/mol. The summed E-state index contributed by atoms with van der Waals surface area (Å²) in [5.74, 6) is -0.250. The molecule has 41 heavy (non-hydrogen) atoms. The lowest BCUT2D eigenvalue weighted by molar-refractivity contribution is -0.139. The number of methoxy groups -OCH3 is 1. The van der Waals surface area contributed by atoms with Gasteiger partial charge < -0.3 is 15.0 Å². The molecule has 1 unspecified atom stereocenters. The van der Waals surface area contributed by atoms with Crippen LogP contribution in [-0.4, -0.2) is 51.4 Å².